The van der Waals surface area contributed by atoms with Crippen molar-refractivity contribution in [2.24, 2.45) is 5.92 Å². The van der Waals surface area contributed by atoms with Crippen molar-refractivity contribution in [3.8, 4) is 0 Å². The molecule has 1 N–H and O–H groups in total. The van der Waals surface area contributed by atoms with E-state index in [1.807, 2.05) is 0 Å². The van der Waals surface area contributed by atoms with E-state index in [9.17, 15) is 9.59 Å². The van der Waals surface area contributed by atoms with Gasteiger partial charge in [0, 0.05) is 14.1 Å². The maximum absolute atomic E-state index is 11.7. The molecule has 0 heterocycles. The van der Waals surface area contributed by atoms with Gasteiger partial charge in [0.05, 0.1) is 6.04 Å². The summed E-state index contributed by atoms with van der Waals surface area (Å²) in [5.74, 6) is -0.0931. The van der Waals surface area contributed by atoms with E-state index in [0.717, 1.165) is 6.42 Å². The van der Waals surface area contributed by atoms with Crippen molar-refractivity contribution in [2.45, 2.75) is 31.7 Å². The molecule has 0 saturated heterocycles. The molecule has 1 atom stereocenters. The molecular weight excluding hydrogens is 192 g/mol. The quantitative estimate of drug-likeness (QED) is 0.672. The minimum Gasteiger partial charge on any atom is -0.342 e. The normalized spacial score (nSPS) is 18.1. The van der Waals surface area contributed by atoms with Crippen molar-refractivity contribution >= 4 is 11.7 Å². The second-order valence-electron chi connectivity index (χ2n) is 4.44. The molecule has 1 aliphatic rings. The van der Waals surface area contributed by atoms with Gasteiger partial charge in [-0.1, -0.05) is 19.3 Å². The highest BCUT2D eigenvalue weighted by molar-refractivity contribution is 6.37. The number of ketones is 1. The molecule has 0 aromatic heterocycles. The fourth-order valence-corrected chi connectivity index (χ4v) is 1.79. The number of likely N-dealkylation sites (N-methyl/N-ethyl adjacent to an activating group) is 2. The predicted molar refractivity (Wildman–Crippen MR) is 58.5 cm³/mol. The van der Waals surface area contributed by atoms with E-state index in [1.165, 1.54) is 24.2 Å². The molecule has 1 rings (SSSR count). The third-order valence-electron chi connectivity index (χ3n) is 3.08. The van der Waals surface area contributed by atoms with Crippen LogP contribution in [0.15, 0.2) is 0 Å². The lowest BCUT2D eigenvalue weighted by Gasteiger charge is -2.29. The number of carbonyl (C=O) groups is 2. The van der Waals surface area contributed by atoms with Crippen LogP contribution in [0.1, 0.15) is 25.7 Å². The van der Waals surface area contributed by atoms with Crippen LogP contribution in [0.4, 0.5) is 0 Å². The number of Topliss-reactive ketones (excluding diaryl/α,β-unsaturated/α-hetero) is 1. The van der Waals surface area contributed by atoms with Gasteiger partial charge in [-0.05, 0) is 19.4 Å². The maximum atomic E-state index is 11.7. The van der Waals surface area contributed by atoms with Crippen LogP contribution in [-0.4, -0.2) is 43.8 Å². The Morgan fingerprint density at radius 2 is 2.00 bits per heavy atom. The van der Waals surface area contributed by atoms with E-state index in [4.69, 9.17) is 0 Å². The minimum absolute atomic E-state index is 0.301. The molecule has 1 amide bonds. The first-order chi connectivity index (χ1) is 7.06. The van der Waals surface area contributed by atoms with Crippen LogP contribution in [0, 0.1) is 5.92 Å². The van der Waals surface area contributed by atoms with Crippen LogP contribution < -0.4 is 5.32 Å². The van der Waals surface area contributed by atoms with Crippen LogP contribution in [0.2, 0.25) is 0 Å². The lowest BCUT2D eigenvalue weighted by molar-refractivity contribution is -0.144. The topological polar surface area (TPSA) is 49.4 Å². The molecule has 1 saturated carbocycles. The third kappa shape index (κ3) is 3.02. The summed E-state index contributed by atoms with van der Waals surface area (Å²) < 4.78 is 0. The molecule has 0 aromatic rings. The van der Waals surface area contributed by atoms with E-state index in [1.54, 1.807) is 21.1 Å². The second kappa shape index (κ2) is 5.26. The largest absolute Gasteiger partial charge is 0.342 e. The summed E-state index contributed by atoms with van der Waals surface area (Å²) in [6, 6.07) is -0.301. The summed E-state index contributed by atoms with van der Waals surface area (Å²) in [5.41, 5.74) is 0. The predicted octanol–water partition coefficient (Wildman–Crippen LogP) is 0.422. The Balaban J connectivity index is 2.49. The lowest BCUT2D eigenvalue weighted by Crippen LogP contribution is -2.45. The Kier molecular flexibility index (Phi) is 4.27. The fraction of sp³-hybridized carbons (Fsp3) is 0.818. The summed E-state index contributed by atoms with van der Waals surface area (Å²) in [6.07, 6.45) is 4.45. The van der Waals surface area contributed by atoms with Crippen molar-refractivity contribution in [2.75, 3.05) is 21.1 Å². The van der Waals surface area contributed by atoms with Crippen molar-refractivity contribution in [3.63, 3.8) is 0 Å². The first kappa shape index (κ1) is 12.2. The van der Waals surface area contributed by atoms with Crippen LogP contribution in [0.5, 0.6) is 0 Å². The molecule has 0 aromatic carbocycles. The van der Waals surface area contributed by atoms with Gasteiger partial charge in [-0.25, -0.2) is 0 Å². The SMILES string of the molecule is CNC(CC1CCC1)C(=O)C(=O)N(C)C. The molecular formula is C11H20N2O2. The Labute approximate surface area is 91.0 Å². The number of nitrogens with one attached hydrogen (secondary N) is 1. The summed E-state index contributed by atoms with van der Waals surface area (Å²) in [6.45, 7) is 0. The van der Waals surface area contributed by atoms with Crippen molar-refractivity contribution in [3.05, 3.63) is 0 Å². The fourth-order valence-electron chi connectivity index (χ4n) is 1.79. The second-order valence-corrected chi connectivity index (χ2v) is 4.44. The summed E-state index contributed by atoms with van der Waals surface area (Å²) in [5, 5.41) is 2.94. The monoisotopic (exact) mass is 212 g/mol. The Hall–Kier alpha value is -0.900. The van der Waals surface area contributed by atoms with Gasteiger partial charge in [-0.15, -0.1) is 0 Å². The van der Waals surface area contributed by atoms with E-state index in [0.29, 0.717) is 5.92 Å². The van der Waals surface area contributed by atoms with E-state index in [-0.39, 0.29) is 11.8 Å². The van der Waals surface area contributed by atoms with Crippen molar-refractivity contribution < 1.29 is 9.59 Å². The zero-order valence-corrected chi connectivity index (χ0v) is 9.75. The molecule has 4 heteroatoms. The van der Waals surface area contributed by atoms with Crippen LogP contribution in [0.25, 0.3) is 0 Å². The molecule has 1 unspecified atom stereocenters. The average Bonchev–Trinajstić information content (AvgIpc) is 2.14. The number of hydrogen-bond acceptors (Lipinski definition) is 3. The van der Waals surface area contributed by atoms with Crippen LogP contribution >= 0.6 is 0 Å². The van der Waals surface area contributed by atoms with Crippen LogP contribution in [0.3, 0.4) is 0 Å². The number of hydrogen-bond donors (Lipinski definition) is 1. The average molecular weight is 212 g/mol. The summed E-state index contributed by atoms with van der Waals surface area (Å²) in [7, 11) is 4.96. The zero-order chi connectivity index (χ0) is 11.4. The molecule has 0 spiro atoms. The highest BCUT2D eigenvalue weighted by Crippen LogP contribution is 2.30. The molecule has 1 fully saturated rings. The Morgan fingerprint density at radius 1 is 1.40 bits per heavy atom. The maximum Gasteiger partial charge on any atom is 0.291 e. The molecule has 0 bridgehead atoms. The van der Waals surface area contributed by atoms with Crippen molar-refractivity contribution in [1.82, 2.24) is 10.2 Å². The molecule has 86 valence electrons. The standard InChI is InChI=1S/C11H20N2O2/c1-12-9(7-8-5-4-6-8)10(14)11(15)13(2)3/h8-9,12H,4-7H2,1-3H3. The minimum atomic E-state index is -0.409. The van der Waals surface area contributed by atoms with Gasteiger partial charge in [-0.2, -0.15) is 0 Å². The molecule has 0 aliphatic heterocycles. The van der Waals surface area contributed by atoms with E-state index < -0.39 is 5.91 Å². The van der Waals surface area contributed by atoms with E-state index >= 15 is 0 Å². The van der Waals surface area contributed by atoms with Gasteiger partial charge < -0.3 is 10.2 Å². The molecule has 15 heavy (non-hydrogen) atoms. The van der Waals surface area contributed by atoms with Crippen molar-refractivity contribution in [1.29, 1.82) is 0 Å². The molecule has 4 nitrogen and oxygen atoms in total. The molecule has 1 aliphatic carbocycles. The van der Waals surface area contributed by atoms with Gasteiger partial charge in [-0.3, -0.25) is 9.59 Å². The third-order valence-corrected chi connectivity index (χ3v) is 3.08. The number of amides is 1. The summed E-state index contributed by atoms with van der Waals surface area (Å²) >= 11 is 0. The number of carbonyl (C=O) groups excluding carboxylic acids is 2. The first-order valence-electron chi connectivity index (χ1n) is 5.49. The van der Waals surface area contributed by atoms with E-state index in [2.05, 4.69) is 5.32 Å². The van der Waals surface area contributed by atoms with Gasteiger partial charge >= 0.3 is 0 Å². The molecule has 0 radical (unpaired) electrons. The highest BCUT2D eigenvalue weighted by Gasteiger charge is 2.29. The Bertz CT molecular complexity index is 247. The van der Waals surface area contributed by atoms with Gasteiger partial charge in [0.15, 0.2) is 0 Å². The van der Waals surface area contributed by atoms with Gasteiger partial charge in [0.2, 0.25) is 5.78 Å². The smallest absolute Gasteiger partial charge is 0.291 e. The van der Waals surface area contributed by atoms with Gasteiger partial charge in [0.1, 0.15) is 0 Å². The Morgan fingerprint density at radius 3 is 2.33 bits per heavy atom. The van der Waals surface area contributed by atoms with Gasteiger partial charge in [0.25, 0.3) is 5.91 Å². The highest BCUT2D eigenvalue weighted by atomic mass is 16.2. The number of rotatable bonds is 5. The first-order valence-corrected chi connectivity index (χ1v) is 5.49. The zero-order valence-electron chi connectivity index (χ0n) is 9.75. The number of nitrogens with zero attached hydrogens (tertiary/aromatic N) is 1. The van der Waals surface area contributed by atoms with Crippen LogP contribution in [-0.2, 0) is 9.59 Å². The summed E-state index contributed by atoms with van der Waals surface area (Å²) in [4.78, 5) is 24.5. The lowest BCUT2D eigenvalue weighted by atomic mass is 9.80.